The fourth-order valence-electron chi connectivity index (χ4n) is 2.59. The van der Waals surface area contributed by atoms with Crippen LogP contribution in [0.2, 0.25) is 5.02 Å². The maximum Gasteiger partial charge on any atom is 0.319 e. The lowest BCUT2D eigenvalue weighted by Crippen LogP contribution is -2.31. The summed E-state index contributed by atoms with van der Waals surface area (Å²) in [5.74, 6) is 0.147. The zero-order valence-electron chi connectivity index (χ0n) is 15.1. The minimum absolute atomic E-state index is 0.227. The minimum atomic E-state index is -0.380. The van der Waals surface area contributed by atoms with Crippen LogP contribution in [0.25, 0.3) is 0 Å². The molecule has 3 aromatic rings. The Hall–Kier alpha value is -3.38. The van der Waals surface area contributed by atoms with Crippen molar-refractivity contribution in [1.82, 2.24) is 10.3 Å². The van der Waals surface area contributed by atoms with E-state index in [4.69, 9.17) is 11.6 Å². The molecule has 1 aromatic heterocycles. The number of pyridine rings is 1. The molecule has 0 saturated carbocycles. The Labute approximate surface area is 168 Å². The number of carbonyl (C=O) groups excluding carboxylic acids is 2. The summed E-state index contributed by atoms with van der Waals surface area (Å²) in [5, 5.41) is 8.90. The summed E-state index contributed by atoms with van der Waals surface area (Å²) >= 11 is 5.99. The molecule has 3 amide bonds. The van der Waals surface area contributed by atoms with Gasteiger partial charge in [-0.05, 0) is 55.0 Å². The summed E-state index contributed by atoms with van der Waals surface area (Å²) in [5.41, 5.74) is 1.81. The van der Waals surface area contributed by atoms with Crippen molar-refractivity contribution in [2.45, 2.75) is 13.0 Å². The second kappa shape index (κ2) is 9.01. The maximum atomic E-state index is 12.4. The smallest absolute Gasteiger partial charge is 0.319 e. The molecule has 1 atom stereocenters. The van der Waals surface area contributed by atoms with E-state index >= 15 is 0 Å². The van der Waals surface area contributed by atoms with Gasteiger partial charge in [0.25, 0.3) is 5.91 Å². The van der Waals surface area contributed by atoms with Crippen LogP contribution in [-0.2, 0) is 0 Å². The number of carbonyl (C=O) groups is 2. The van der Waals surface area contributed by atoms with Crippen LogP contribution >= 0.6 is 11.6 Å². The van der Waals surface area contributed by atoms with Crippen LogP contribution < -0.4 is 16.0 Å². The molecule has 0 unspecified atom stereocenters. The van der Waals surface area contributed by atoms with Crippen LogP contribution in [0.4, 0.5) is 16.3 Å². The second-order valence-corrected chi connectivity index (χ2v) is 6.56. The number of anilines is 2. The maximum absolute atomic E-state index is 12.4. The van der Waals surface area contributed by atoms with E-state index in [0.29, 0.717) is 22.1 Å². The molecular weight excluding hydrogens is 376 g/mol. The minimum Gasteiger partial charge on any atom is -0.331 e. The van der Waals surface area contributed by atoms with Crippen molar-refractivity contribution in [3.05, 3.63) is 89.1 Å². The number of hydrogen-bond acceptors (Lipinski definition) is 3. The van der Waals surface area contributed by atoms with Crippen molar-refractivity contribution >= 4 is 35.0 Å². The van der Waals surface area contributed by atoms with Gasteiger partial charge in [0.1, 0.15) is 5.82 Å². The lowest BCUT2D eigenvalue weighted by molar-refractivity contribution is 0.102. The number of urea groups is 1. The van der Waals surface area contributed by atoms with Gasteiger partial charge in [0.05, 0.1) is 6.04 Å². The van der Waals surface area contributed by atoms with Crippen LogP contribution in [0.15, 0.2) is 72.9 Å². The number of nitrogens with one attached hydrogen (secondary N) is 3. The molecule has 1 heterocycles. The molecule has 142 valence electrons. The zero-order valence-corrected chi connectivity index (χ0v) is 15.9. The molecule has 0 saturated heterocycles. The highest BCUT2D eigenvalue weighted by Crippen LogP contribution is 2.18. The summed E-state index contributed by atoms with van der Waals surface area (Å²) in [4.78, 5) is 28.7. The molecule has 0 aliphatic rings. The van der Waals surface area contributed by atoms with Gasteiger partial charge in [0.15, 0.2) is 0 Å². The van der Waals surface area contributed by atoms with E-state index in [9.17, 15) is 9.59 Å². The zero-order chi connectivity index (χ0) is 19.9. The Kier molecular flexibility index (Phi) is 6.24. The number of amides is 3. The Morgan fingerprint density at radius 3 is 2.54 bits per heavy atom. The van der Waals surface area contributed by atoms with E-state index in [0.717, 1.165) is 5.56 Å². The lowest BCUT2D eigenvalue weighted by atomic mass is 10.1. The van der Waals surface area contributed by atoms with Gasteiger partial charge in [-0.25, -0.2) is 9.78 Å². The molecule has 0 spiro atoms. The number of hydrogen-bond donors (Lipinski definition) is 3. The predicted octanol–water partition coefficient (Wildman–Crippen LogP) is 4.87. The third-order valence-electron chi connectivity index (χ3n) is 3.99. The Bertz CT molecular complexity index is 979. The number of nitrogens with zero attached hydrogens (tertiary/aromatic N) is 1. The predicted molar refractivity (Wildman–Crippen MR) is 111 cm³/mol. The van der Waals surface area contributed by atoms with Gasteiger partial charge in [-0.3, -0.25) is 4.79 Å². The van der Waals surface area contributed by atoms with Crippen molar-refractivity contribution in [2.75, 3.05) is 10.6 Å². The second-order valence-electron chi connectivity index (χ2n) is 6.13. The summed E-state index contributed by atoms with van der Waals surface area (Å²) in [6.07, 6.45) is 1.60. The van der Waals surface area contributed by atoms with Crippen LogP contribution in [-0.4, -0.2) is 16.9 Å². The van der Waals surface area contributed by atoms with Crippen molar-refractivity contribution in [3.63, 3.8) is 0 Å². The van der Waals surface area contributed by atoms with E-state index in [-0.39, 0.29) is 18.0 Å². The summed E-state index contributed by atoms with van der Waals surface area (Å²) in [7, 11) is 0. The third-order valence-corrected chi connectivity index (χ3v) is 4.22. The largest absolute Gasteiger partial charge is 0.331 e. The quantitative estimate of drug-likeness (QED) is 0.577. The highest BCUT2D eigenvalue weighted by Gasteiger charge is 2.12. The average Bonchev–Trinajstić information content (AvgIpc) is 2.69. The van der Waals surface area contributed by atoms with Gasteiger partial charge in [0, 0.05) is 22.5 Å². The van der Waals surface area contributed by atoms with Crippen LogP contribution in [0, 0.1) is 0 Å². The summed E-state index contributed by atoms with van der Waals surface area (Å²) in [6, 6.07) is 18.6. The number of aromatic nitrogens is 1. The summed E-state index contributed by atoms with van der Waals surface area (Å²) in [6.45, 7) is 1.86. The van der Waals surface area contributed by atoms with Gasteiger partial charge in [-0.15, -0.1) is 0 Å². The first-order valence-corrected chi connectivity index (χ1v) is 9.04. The Morgan fingerprint density at radius 1 is 0.964 bits per heavy atom. The van der Waals surface area contributed by atoms with Crippen molar-refractivity contribution in [2.24, 2.45) is 0 Å². The SMILES string of the molecule is C[C@H](NC(=O)Nc1cccc(C(=O)Nc2ccccn2)c1)c1cccc(Cl)c1. The van der Waals surface area contributed by atoms with E-state index in [2.05, 4.69) is 20.9 Å². The molecule has 0 aliphatic heterocycles. The molecule has 2 aromatic carbocycles. The molecule has 7 heteroatoms. The van der Waals surface area contributed by atoms with Crippen molar-refractivity contribution < 1.29 is 9.59 Å². The van der Waals surface area contributed by atoms with E-state index in [1.165, 1.54) is 0 Å². The van der Waals surface area contributed by atoms with Gasteiger partial charge >= 0.3 is 6.03 Å². The molecule has 3 rings (SSSR count). The molecule has 0 aliphatic carbocycles. The molecule has 0 radical (unpaired) electrons. The van der Waals surface area contributed by atoms with Gasteiger partial charge < -0.3 is 16.0 Å². The molecule has 0 bridgehead atoms. The van der Waals surface area contributed by atoms with Gasteiger partial charge in [-0.1, -0.05) is 35.9 Å². The highest BCUT2D eigenvalue weighted by molar-refractivity contribution is 6.30. The first kappa shape index (κ1) is 19.4. The average molecular weight is 395 g/mol. The molecular formula is C21H19ClN4O2. The topological polar surface area (TPSA) is 83.1 Å². The van der Waals surface area contributed by atoms with Crippen LogP contribution in [0.3, 0.4) is 0 Å². The van der Waals surface area contributed by atoms with E-state index in [1.54, 1.807) is 60.8 Å². The van der Waals surface area contributed by atoms with Crippen molar-refractivity contribution in [1.29, 1.82) is 0 Å². The molecule has 0 fully saturated rings. The standard InChI is InChI=1S/C21H19ClN4O2/c1-14(15-6-4-8-17(22)12-15)24-21(28)25-18-9-5-7-16(13-18)20(27)26-19-10-2-3-11-23-19/h2-14H,1H3,(H,23,26,27)(H2,24,25,28)/t14-/m0/s1. The first-order chi connectivity index (χ1) is 13.5. The monoisotopic (exact) mass is 394 g/mol. The van der Waals surface area contributed by atoms with Gasteiger partial charge in [-0.2, -0.15) is 0 Å². The number of halogens is 1. The fourth-order valence-corrected chi connectivity index (χ4v) is 2.79. The summed E-state index contributed by atoms with van der Waals surface area (Å²) < 4.78 is 0. The fraction of sp³-hybridized carbons (Fsp3) is 0.0952. The van der Waals surface area contributed by atoms with Crippen molar-refractivity contribution in [3.8, 4) is 0 Å². The lowest BCUT2D eigenvalue weighted by Gasteiger charge is -2.15. The first-order valence-electron chi connectivity index (χ1n) is 8.67. The number of benzene rings is 2. The molecule has 3 N–H and O–H groups in total. The van der Waals surface area contributed by atoms with E-state index < -0.39 is 0 Å². The highest BCUT2D eigenvalue weighted by atomic mass is 35.5. The number of rotatable bonds is 5. The molecule has 28 heavy (non-hydrogen) atoms. The van der Waals surface area contributed by atoms with Crippen LogP contribution in [0.1, 0.15) is 28.9 Å². The normalized spacial score (nSPS) is 11.4. The third kappa shape index (κ3) is 5.31. The van der Waals surface area contributed by atoms with E-state index in [1.807, 2.05) is 19.1 Å². The van der Waals surface area contributed by atoms with Gasteiger partial charge in [0.2, 0.25) is 0 Å². The Morgan fingerprint density at radius 2 is 1.79 bits per heavy atom. The van der Waals surface area contributed by atoms with Crippen LogP contribution in [0.5, 0.6) is 0 Å². The Balaban J connectivity index is 1.62. The molecule has 6 nitrogen and oxygen atoms in total.